The van der Waals surface area contributed by atoms with E-state index in [0.29, 0.717) is 16.7 Å². The van der Waals surface area contributed by atoms with Crippen LogP contribution in [-0.4, -0.2) is 29.4 Å². The van der Waals surface area contributed by atoms with Crippen molar-refractivity contribution < 1.29 is 9.72 Å². The molecule has 17 heavy (non-hydrogen) atoms. The van der Waals surface area contributed by atoms with Gasteiger partial charge in [0.2, 0.25) is 0 Å². The standard InChI is InChI=1S/C10H12BrN3O3/c1-3-13(2)10(15)12-9-5-4-7(14(16)17)6-8(9)11/h4-6H,3H2,1-2H3,(H,12,15). The fraction of sp³-hybridized carbons (Fsp3) is 0.300. The second-order valence-electron chi connectivity index (χ2n) is 3.37. The Morgan fingerprint density at radius 1 is 1.59 bits per heavy atom. The number of benzene rings is 1. The average Bonchev–Trinajstić information content (AvgIpc) is 2.30. The molecule has 0 aromatic heterocycles. The number of nitro groups is 1. The molecule has 0 unspecified atom stereocenters. The highest BCUT2D eigenvalue weighted by molar-refractivity contribution is 9.10. The molecule has 0 aliphatic rings. The molecule has 1 N–H and O–H groups in total. The van der Waals surface area contributed by atoms with E-state index in [1.54, 1.807) is 7.05 Å². The third-order valence-electron chi connectivity index (χ3n) is 2.23. The Labute approximate surface area is 107 Å². The fourth-order valence-corrected chi connectivity index (χ4v) is 1.54. The molecule has 92 valence electrons. The van der Waals surface area contributed by atoms with Gasteiger partial charge in [-0.05, 0) is 28.9 Å². The second-order valence-corrected chi connectivity index (χ2v) is 4.22. The van der Waals surface area contributed by atoms with Crippen LogP contribution < -0.4 is 5.32 Å². The molecule has 0 radical (unpaired) electrons. The molecule has 0 aliphatic carbocycles. The highest BCUT2D eigenvalue weighted by atomic mass is 79.9. The van der Waals surface area contributed by atoms with Crippen LogP contribution in [0.3, 0.4) is 0 Å². The van der Waals surface area contributed by atoms with Crippen molar-refractivity contribution in [2.75, 3.05) is 18.9 Å². The summed E-state index contributed by atoms with van der Waals surface area (Å²) in [7, 11) is 1.66. The van der Waals surface area contributed by atoms with Gasteiger partial charge in [0.05, 0.1) is 10.6 Å². The highest BCUT2D eigenvalue weighted by Gasteiger charge is 2.12. The summed E-state index contributed by atoms with van der Waals surface area (Å²) in [6.45, 7) is 2.43. The molecule has 0 saturated carbocycles. The average molecular weight is 302 g/mol. The van der Waals surface area contributed by atoms with Gasteiger partial charge < -0.3 is 10.2 Å². The Morgan fingerprint density at radius 3 is 2.71 bits per heavy atom. The van der Waals surface area contributed by atoms with Crippen molar-refractivity contribution in [1.29, 1.82) is 0 Å². The van der Waals surface area contributed by atoms with Crippen LogP contribution >= 0.6 is 15.9 Å². The minimum atomic E-state index is -0.492. The van der Waals surface area contributed by atoms with Crippen molar-refractivity contribution in [3.8, 4) is 0 Å². The van der Waals surface area contributed by atoms with E-state index in [1.807, 2.05) is 6.92 Å². The summed E-state index contributed by atoms with van der Waals surface area (Å²) < 4.78 is 0.476. The Bertz CT molecular complexity index is 450. The predicted octanol–water partition coefficient (Wildman–Crippen LogP) is 2.84. The third-order valence-corrected chi connectivity index (χ3v) is 2.88. The molecule has 6 nitrogen and oxygen atoms in total. The number of carbonyl (C=O) groups is 1. The topological polar surface area (TPSA) is 75.5 Å². The summed E-state index contributed by atoms with van der Waals surface area (Å²) in [5.41, 5.74) is 0.472. The van der Waals surface area contributed by atoms with Crippen molar-refractivity contribution in [2.45, 2.75) is 6.92 Å². The van der Waals surface area contributed by atoms with Crippen LogP contribution in [0.4, 0.5) is 16.2 Å². The van der Waals surface area contributed by atoms with E-state index in [2.05, 4.69) is 21.2 Å². The van der Waals surface area contributed by atoms with Gasteiger partial charge in [0.15, 0.2) is 0 Å². The highest BCUT2D eigenvalue weighted by Crippen LogP contribution is 2.27. The van der Waals surface area contributed by atoms with E-state index in [4.69, 9.17) is 0 Å². The summed E-state index contributed by atoms with van der Waals surface area (Å²) in [5.74, 6) is 0. The van der Waals surface area contributed by atoms with Crippen LogP contribution in [0.15, 0.2) is 22.7 Å². The molecule has 0 bridgehead atoms. The lowest BCUT2D eigenvalue weighted by molar-refractivity contribution is -0.384. The normalized spacial score (nSPS) is 9.82. The van der Waals surface area contributed by atoms with Gasteiger partial charge in [-0.25, -0.2) is 4.79 Å². The van der Waals surface area contributed by atoms with Crippen molar-refractivity contribution in [2.24, 2.45) is 0 Å². The van der Waals surface area contributed by atoms with Crippen LogP contribution in [0.25, 0.3) is 0 Å². The van der Waals surface area contributed by atoms with Crippen molar-refractivity contribution >= 4 is 33.3 Å². The van der Waals surface area contributed by atoms with E-state index < -0.39 is 4.92 Å². The number of nitrogens with one attached hydrogen (secondary N) is 1. The van der Waals surface area contributed by atoms with Crippen molar-refractivity contribution in [1.82, 2.24) is 4.90 Å². The van der Waals surface area contributed by atoms with E-state index >= 15 is 0 Å². The molecule has 1 rings (SSSR count). The molecular weight excluding hydrogens is 290 g/mol. The number of carbonyl (C=O) groups excluding carboxylic acids is 1. The first-order chi connectivity index (χ1) is 7.95. The lowest BCUT2D eigenvalue weighted by Crippen LogP contribution is -2.31. The molecule has 2 amide bonds. The second kappa shape index (κ2) is 5.62. The SMILES string of the molecule is CCN(C)C(=O)Nc1ccc([N+](=O)[O-])cc1Br. The maximum Gasteiger partial charge on any atom is 0.321 e. The first kappa shape index (κ1) is 13.4. The molecule has 1 aromatic carbocycles. The first-order valence-electron chi connectivity index (χ1n) is 4.91. The van der Waals surface area contributed by atoms with Crippen molar-refractivity contribution in [3.05, 3.63) is 32.8 Å². The fourth-order valence-electron chi connectivity index (χ4n) is 1.07. The van der Waals surface area contributed by atoms with Gasteiger partial charge in [0.25, 0.3) is 5.69 Å². The molecule has 0 aliphatic heterocycles. The van der Waals surface area contributed by atoms with Gasteiger partial charge in [-0.1, -0.05) is 0 Å². The zero-order chi connectivity index (χ0) is 13.0. The van der Waals surface area contributed by atoms with Gasteiger partial charge in [-0.3, -0.25) is 10.1 Å². The van der Waals surface area contributed by atoms with E-state index in [1.165, 1.54) is 23.1 Å². The number of amides is 2. The molecule has 7 heteroatoms. The van der Waals surface area contributed by atoms with Crippen LogP contribution in [0, 0.1) is 10.1 Å². The number of hydrogen-bond acceptors (Lipinski definition) is 3. The molecule has 0 heterocycles. The van der Waals surface area contributed by atoms with Crippen LogP contribution in [0.5, 0.6) is 0 Å². The summed E-state index contributed by atoms with van der Waals surface area (Å²) in [6, 6.07) is 3.92. The van der Waals surface area contributed by atoms with E-state index in [-0.39, 0.29) is 11.7 Å². The molecule has 0 spiro atoms. The zero-order valence-corrected chi connectivity index (χ0v) is 11.0. The van der Waals surface area contributed by atoms with Crippen molar-refractivity contribution in [3.63, 3.8) is 0 Å². The summed E-state index contributed by atoms with van der Waals surface area (Å²) >= 11 is 3.18. The number of halogens is 1. The molecule has 0 atom stereocenters. The number of nitrogens with zero attached hydrogens (tertiary/aromatic N) is 2. The number of hydrogen-bond donors (Lipinski definition) is 1. The summed E-state index contributed by atoms with van der Waals surface area (Å²) in [5, 5.41) is 13.2. The van der Waals surface area contributed by atoms with Crippen LogP contribution in [0.1, 0.15) is 6.92 Å². The largest absolute Gasteiger partial charge is 0.328 e. The van der Waals surface area contributed by atoms with E-state index in [9.17, 15) is 14.9 Å². The Kier molecular flexibility index (Phi) is 4.45. The Balaban J connectivity index is 2.86. The molecule has 0 fully saturated rings. The Hall–Kier alpha value is -1.63. The van der Waals surface area contributed by atoms with Gasteiger partial charge in [0.1, 0.15) is 0 Å². The number of urea groups is 1. The van der Waals surface area contributed by atoms with Crippen LogP contribution in [-0.2, 0) is 0 Å². The van der Waals surface area contributed by atoms with Gasteiger partial charge in [0, 0.05) is 30.2 Å². The Morgan fingerprint density at radius 2 is 2.24 bits per heavy atom. The quantitative estimate of drug-likeness (QED) is 0.689. The van der Waals surface area contributed by atoms with E-state index in [0.717, 1.165) is 0 Å². The zero-order valence-electron chi connectivity index (χ0n) is 9.44. The van der Waals surface area contributed by atoms with Gasteiger partial charge >= 0.3 is 6.03 Å². The number of nitro benzene ring substituents is 1. The lowest BCUT2D eigenvalue weighted by atomic mass is 10.3. The molecule has 1 aromatic rings. The molecular formula is C10H12BrN3O3. The lowest BCUT2D eigenvalue weighted by Gasteiger charge is -2.16. The van der Waals surface area contributed by atoms with Crippen LogP contribution in [0.2, 0.25) is 0 Å². The van der Waals surface area contributed by atoms with Gasteiger partial charge in [-0.2, -0.15) is 0 Å². The monoisotopic (exact) mass is 301 g/mol. The maximum atomic E-state index is 11.6. The number of anilines is 1. The maximum absolute atomic E-state index is 11.6. The smallest absolute Gasteiger partial charge is 0.321 e. The first-order valence-corrected chi connectivity index (χ1v) is 5.71. The van der Waals surface area contributed by atoms with Gasteiger partial charge in [-0.15, -0.1) is 0 Å². The number of rotatable bonds is 3. The molecule has 0 saturated heterocycles. The third kappa shape index (κ3) is 3.42. The predicted molar refractivity (Wildman–Crippen MR) is 68.1 cm³/mol. The summed E-state index contributed by atoms with van der Waals surface area (Å²) in [6.07, 6.45) is 0. The minimum Gasteiger partial charge on any atom is -0.328 e. The summed E-state index contributed by atoms with van der Waals surface area (Å²) in [4.78, 5) is 23.1. The minimum absolute atomic E-state index is 0.0290. The number of non-ortho nitro benzene ring substituents is 1.